The van der Waals surface area contributed by atoms with Gasteiger partial charge in [-0.2, -0.15) is 0 Å². The molecule has 0 unspecified atom stereocenters. The van der Waals surface area contributed by atoms with Crippen LogP contribution in [0.3, 0.4) is 0 Å². The second-order valence-electron chi connectivity index (χ2n) is 6.52. The average molecular weight is 358 g/mol. The van der Waals surface area contributed by atoms with Gasteiger partial charge in [-0.1, -0.05) is 12.1 Å². The minimum atomic E-state index is -0.495. The van der Waals surface area contributed by atoms with Crippen LogP contribution in [0.4, 0.5) is 4.39 Å². The molecule has 1 aliphatic heterocycles. The molecule has 1 aromatic carbocycles. The molecule has 1 aromatic heterocycles. The van der Waals surface area contributed by atoms with Gasteiger partial charge in [0, 0.05) is 44.5 Å². The van der Waals surface area contributed by atoms with Gasteiger partial charge < -0.3 is 14.8 Å². The van der Waals surface area contributed by atoms with E-state index in [-0.39, 0.29) is 23.4 Å². The van der Waals surface area contributed by atoms with Crippen molar-refractivity contribution in [3.8, 4) is 0 Å². The Morgan fingerprint density at radius 3 is 2.69 bits per heavy atom. The highest BCUT2D eigenvalue weighted by Gasteiger charge is 2.25. The molecule has 2 heterocycles. The van der Waals surface area contributed by atoms with Gasteiger partial charge in [0.1, 0.15) is 5.82 Å². The van der Waals surface area contributed by atoms with Crippen LogP contribution in [0.25, 0.3) is 0 Å². The third-order valence-corrected chi connectivity index (χ3v) is 4.63. The summed E-state index contributed by atoms with van der Waals surface area (Å²) in [5, 5.41) is 3.03. The van der Waals surface area contributed by atoms with E-state index in [2.05, 4.69) is 10.3 Å². The second-order valence-corrected chi connectivity index (χ2v) is 6.52. The molecule has 1 aliphatic rings. The van der Waals surface area contributed by atoms with Crippen LogP contribution >= 0.6 is 0 Å². The summed E-state index contributed by atoms with van der Waals surface area (Å²) in [7, 11) is 0. The van der Waals surface area contributed by atoms with Crippen LogP contribution in [0.15, 0.2) is 43.0 Å². The summed E-state index contributed by atoms with van der Waals surface area (Å²) < 4.78 is 15.7. The van der Waals surface area contributed by atoms with Crippen LogP contribution in [0.1, 0.15) is 36.0 Å². The molecule has 1 fully saturated rings. The molecule has 0 atom stereocenters. The Labute approximate surface area is 152 Å². The van der Waals surface area contributed by atoms with Crippen LogP contribution in [0.2, 0.25) is 0 Å². The first kappa shape index (κ1) is 18.1. The van der Waals surface area contributed by atoms with E-state index in [0.717, 1.165) is 13.0 Å². The minimum Gasteiger partial charge on any atom is -0.353 e. The molecule has 1 N–H and O–H groups in total. The highest BCUT2D eigenvalue weighted by atomic mass is 19.1. The molecule has 0 bridgehead atoms. The molecule has 0 spiro atoms. The number of carbonyl (C=O) groups is 2. The molecule has 3 rings (SSSR count). The number of benzene rings is 1. The van der Waals surface area contributed by atoms with E-state index >= 15 is 0 Å². The van der Waals surface area contributed by atoms with Crippen LogP contribution in [0, 0.1) is 5.82 Å². The maximum absolute atomic E-state index is 13.8. The standard InChI is InChI=1S/C19H23FN4O2/c20-17-5-2-1-4-16(17)19(26)24-11-7-15(8-12-24)22-18(25)6-3-10-23-13-9-21-14-23/h1-2,4-5,9,13-15H,3,6-8,10-12H2,(H,22,25). The Bertz CT molecular complexity index is 740. The van der Waals surface area contributed by atoms with Crippen molar-refractivity contribution >= 4 is 11.8 Å². The zero-order valence-electron chi connectivity index (χ0n) is 14.6. The number of aromatic nitrogens is 2. The smallest absolute Gasteiger partial charge is 0.256 e. The lowest BCUT2D eigenvalue weighted by Gasteiger charge is -2.32. The van der Waals surface area contributed by atoms with E-state index in [0.29, 0.717) is 32.4 Å². The number of rotatable bonds is 6. The molecule has 1 saturated heterocycles. The lowest BCUT2D eigenvalue weighted by atomic mass is 10.0. The Morgan fingerprint density at radius 1 is 1.23 bits per heavy atom. The number of piperidine rings is 1. The predicted molar refractivity (Wildman–Crippen MR) is 94.9 cm³/mol. The Hall–Kier alpha value is -2.70. The van der Waals surface area contributed by atoms with Crippen LogP contribution < -0.4 is 5.32 Å². The summed E-state index contributed by atoms with van der Waals surface area (Å²) in [6.45, 7) is 1.81. The van der Waals surface area contributed by atoms with E-state index in [1.807, 2.05) is 10.8 Å². The first-order chi connectivity index (χ1) is 12.6. The minimum absolute atomic E-state index is 0.0315. The van der Waals surface area contributed by atoms with E-state index in [1.165, 1.54) is 12.1 Å². The number of hydrogen-bond donors (Lipinski definition) is 1. The van der Waals surface area contributed by atoms with Gasteiger partial charge in [-0.05, 0) is 31.4 Å². The molecule has 26 heavy (non-hydrogen) atoms. The number of nitrogens with one attached hydrogen (secondary N) is 1. The summed E-state index contributed by atoms with van der Waals surface area (Å²) in [6, 6.07) is 6.10. The van der Waals surface area contributed by atoms with Gasteiger partial charge in [0.2, 0.25) is 5.91 Å². The predicted octanol–water partition coefficient (Wildman–Crippen LogP) is 2.22. The summed E-state index contributed by atoms with van der Waals surface area (Å²) in [5.41, 5.74) is 0.106. The number of nitrogens with zero attached hydrogens (tertiary/aromatic N) is 3. The molecular formula is C19H23FN4O2. The van der Waals surface area contributed by atoms with Gasteiger partial charge in [0.15, 0.2) is 0 Å². The molecule has 0 aliphatic carbocycles. The fourth-order valence-corrected chi connectivity index (χ4v) is 3.17. The number of halogens is 1. The number of likely N-dealkylation sites (tertiary alicyclic amines) is 1. The molecule has 6 nitrogen and oxygen atoms in total. The number of carbonyl (C=O) groups excluding carboxylic acids is 2. The van der Waals surface area contributed by atoms with Crippen LogP contribution in [-0.4, -0.2) is 45.4 Å². The van der Waals surface area contributed by atoms with Gasteiger partial charge >= 0.3 is 0 Å². The van der Waals surface area contributed by atoms with E-state index < -0.39 is 5.82 Å². The topological polar surface area (TPSA) is 67.2 Å². The average Bonchev–Trinajstić information content (AvgIpc) is 3.16. The molecule has 2 amide bonds. The SMILES string of the molecule is O=C(CCCn1ccnc1)NC1CCN(C(=O)c2ccccc2F)CC1. The Kier molecular flexibility index (Phi) is 5.99. The van der Waals surface area contributed by atoms with Crippen LogP contribution in [0.5, 0.6) is 0 Å². The van der Waals surface area contributed by atoms with Gasteiger partial charge in [-0.25, -0.2) is 9.37 Å². The number of hydrogen-bond acceptors (Lipinski definition) is 3. The van der Waals surface area contributed by atoms with E-state index in [9.17, 15) is 14.0 Å². The molecule has 138 valence electrons. The third kappa shape index (κ3) is 4.68. The Balaban J connectivity index is 1.40. The maximum atomic E-state index is 13.8. The Morgan fingerprint density at radius 2 is 2.00 bits per heavy atom. The van der Waals surface area contributed by atoms with Crippen molar-refractivity contribution in [1.82, 2.24) is 19.8 Å². The zero-order chi connectivity index (χ0) is 18.4. The molecule has 2 aromatic rings. The van der Waals surface area contributed by atoms with Crippen molar-refractivity contribution < 1.29 is 14.0 Å². The first-order valence-corrected chi connectivity index (χ1v) is 8.92. The number of imidazole rings is 1. The molecular weight excluding hydrogens is 335 g/mol. The van der Waals surface area contributed by atoms with Gasteiger partial charge in [0.05, 0.1) is 11.9 Å². The summed E-state index contributed by atoms with van der Waals surface area (Å²) >= 11 is 0. The van der Waals surface area contributed by atoms with Crippen molar-refractivity contribution in [2.45, 2.75) is 38.3 Å². The van der Waals surface area contributed by atoms with Crippen molar-refractivity contribution in [3.63, 3.8) is 0 Å². The zero-order valence-corrected chi connectivity index (χ0v) is 14.6. The quantitative estimate of drug-likeness (QED) is 0.861. The van der Waals surface area contributed by atoms with Crippen molar-refractivity contribution in [1.29, 1.82) is 0 Å². The highest BCUT2D eigenvalue weighted by molar-refractivity contribution is 5.94. The lowest BCUT2D eigenvalue weighted by Crippen LogP contribution is -2.46. The van der Waals surface area contributed by atoms with Gasteiger partial charge in [-0.3, -0.25) is 9.59 Å². The number of aryl methyl sites for hydroxylation is 1. The first-order valence-electron chi connectivity index (χ1n) is 8.92. The third-order valence-electron chi connectivity index (χ3n) is 4.63. The van der Waals surface area contributed by atoms with Crippen molar-refractivity contribution in [3.05, 3.63) is 54.4 Å². The normalized spacial score (nSPS) is 15.0. The van der Waals surface area contributed by atoms with Crippen molar-refractivity contribution in [2.24, 2.45) is 0 Å². The number of amides is 2. The van der Waals surface area contributed by atoms with Crippen LogP contribution in [-0.2, 0) is 11.3 Å². The molecule has 0 radical (unpaired) electrons. The lowest BCUT2D eigenvalue weighted by molar-refractivity contribution is -0.122. The van der Waals surface area contributed by atoms with Gasteiger partial charge in [-0.15, -0.1) is 0 Å². The fraction of sp³-hybridized carbons (Fsp3) is 0.421. The van der Waals surface area contributed by atoms with E-state index in [4.69, 9.17) is 0 Å². The molecule has 0 saturated carbocycles. The summed E-state index contributed by atoms with van der Waals surface area (Å²) in [5.74, 6) is -0.747. The maximum Gasteiger partial charge on any atom is 0.256 e. The van der Waals surface area contributed by atoms with Crippen molar-refractivity contribution in [2.75, 3.05) is 13.1 Å². The van der Waals surface area contributed by atoms with E-state index in [1.54, 1.807) is 29.6 Å². The summed E-state index contributed by atoms with van der Waals surface area (Å²) in [4.78, 5) is 30.1. The summed E-state index contributed by atoms with van der Waals surface area (Å²) in [6.07, 6.45) is 7.93. The highest BCUT2D eigenvalue weighted by Crippen LogP contribution is 2.16. The largest absolute Gasteiger partial charge is 0.353 e. The van der Waals surface area contributed by atoms with Gasteiger partial charge in [0.25, 0.3) is 5.91 Å². The fourth-order valence-electron chi connectivity index (χ4n) is 3.17. The molecule has 7 heteroatoms. The monoisotopic (exact) mass is 358 g/mol. The second kappa shape index (κ2) is 8.60.